The van der Waals surface area contributed by atoms with Crippen molar-refractivity contribution >= 4 is 16.6 Å². The van der Waals surface area contributed by atoms with Crippen molar-refractivity contribution in [3.05, 3.63) is 48.7 Å². The standard InChI is InChI=1S/C22H25N3O2/c1-25-14-23-13-21(25)16-3-4-17-12-24-19(10-18(17)9-16)11-22(26)15-5-7-20(27-2)8-6-15/h3-4,9-10,12-15,20H,5-8,11H2,1-2H3. The van der Waals surface area contributed by atoms with Gasteiger partial charge < -0.3 is 9.30 Å². The zero-order valence-electron chi connectivity index (χ0n) is 15.9. The lowest BCUT2D eigenvalue weighted by Gasteiger charge is -2.26. The van der Waals surface area contributed by atoms with Crippen molar-refractivity contribution in [2.24, 2.45) is 13.0 Å². The number of benzene rings is 1. The second-order valence-electron chi connectivity index (χ2n) is 7.48. The maximum absolute atomic E-state index is 12.7. The lowest BCUT2D eigenvalue weighted by molar-refractivity contribution is -0.124. The number of hydrogen-bond donors (Lipinski definition) is 0. The number of nitrogens with zero attached hydrogens (tertiary/aromatic N) is 3. The summed E-state index contributed by atoms with van der Waals surface area (Å²) in [6, 6.07) is 8.35. The van der Waals surface area contributed by atoms with E-state index >= 15 is 0 Å². The van der Waals surface area contributed by atoms with E-state index in [9.17, 15) is 4.79 Å². The fourth-order valence-electron chi connectivity index (χ4n) is 4.02. The molecule has 1 aromatic carbocycles. The Hall–Kier alpha value is -2.53. The van der Waals surface area contributed by atoms with Gasteiger partial charge >= 0.3 is 0 Å². The Morgan fingerprint density at radius 2 is 1.96 bits per heavy atom. The van der Waals surface area contributed by atoms with E-state index in [1.165, 1.54) is 0 Å². The molecule has 0 bridgehead atoms. The normalized spacial score (nSPS) is 20.1. The van der Waals surface area contributed by atoms with E-state index in [1.54, 1.807) is 13.4 Å². The number of carbonyl (C=O) groups is 1. The molecule has 1 aliphatic rings. The van der Waals surface area contributed by atoms with Gasteiger partial charge in [-0.05, 0) is 43.2 Å². The van der Waals surface area contributed by atoms with Crippen LogP contribution < -0.4 is 0 Å². The number of rotatable bonds is 5. The van der Waals surface area contributed by atoms with Crippen LogP contribution in [0.5, 0.6) is 0 Å². The molecule has 5 heteroatoms. The van der Waals surface area contributed by atoms with E-state index in [-0.39, 0.29) is 5.92 Å². The number of fused-ring (bicyclic) bond motifs is 1. The maximum Gasteiger partial charge on any atom is 0.141 e. The molecule has 4 rings (SSSR count). The highest BCUT2D eigenvalue weighted by atomic mass is 16.5. The van der Waals surface area contributed by atoms with E-state index in [0.29, 0.717) is 18.3 Å². The minimum absolute atomic E-state index is 0.148. The number of hydrogen-bond acceptors (Lipinski definition) is 4. The minimum Gasteiger partial charge on any atom is -0.381 e. The lowest BCUT2D eigenvalue weighted by atomic mass is 9.83. The highest BCUT2D eigenvalue weighted by molar-refractivity contribution is 5.88. The summed E-state index contributed by atoms with van der Waals surface area (Å²) < 4.78 is 7.41. The summed E-state index contributed by atoms with van der Waals surface area (Å²) in [5.74, 6) is 0.453. The zero-order chi connectivity index (χ0) is 18.8. The van der Waals surface area contributed by atoms with Crippen molar-refractivity contribution in [1.29, 1.82) is 0 Å². The van der Waals surface area contributed by atoms with Crippen LogP contribution in [-0.2, 0) is 23.0 Å². The molecular weight excluding hydrogens is 338 g/mol. The number of imidazole rings is 1. The molecule has 2 heterocycles. The number of ether oxygens (including phenoxy) is 1. The summed E-state index contributed by atoms with van der Waals surface area (Å²) in [4.78, 5) is 21.4. The van der Waals surface area contributed by atoms with Gasteiger partial charge in [0.25, 0.3) is 0 Å². The Balaban J connectivity index is 1.52. The Morgan fingerprint density at radius 3 is 2.67 bits per heavy atom. The minimum atomic E-state index is 0.148. The van der Waals surface area contributed by atoms with Crippen molar-refractivity contribution in [2.45, 2.75) is 38.2 Å². The van der Waals surface area contributed by atoms with Crippen molar-refractivity contribution in [2.75, 3.05) is 7.11 Å². The predicted molar refractivity (Wildman–Crippen MR) is 105 cm³/mol. The van der Waals surface area contributed by atoms with Crippen LogP contribution in [0, 0.1) is 5.92 Å². The number of methoxy groups -OCH3 is 1. The maximum atomic E-state index is 12.7. The first-order valence-corrected chi connectivity index (χ1v) is 9.55. The molecule has 5 nitrogen and oxygen atoms in total. The first kappa shape index (κ1) is 17.9. The highest BCUT2D eigenvalue weighted by Gasteiger charge is 2.26. The zero-order valence-corrected chi connectivity index (χ0v) is 15.9. The van der Waals surface area contributed by atoms with Crippen molar-refractivity contribution in [3.8, 4) is 11.3 Å². The van der Waals surface area contributed by atoms with Crippen LogP contribution in [0.25, 0.3) is 22.0 Å². The Morgan fingerprint density at radius 1 is 1.15 bits per heavy atom. The second-order valence-corrected chi connectivity index (χ2v) is 7.48. The Bertz CT molecular complexity index is 955. The first-order valence-electron chi connectivity index (χ1n) is 9.55. The number of carbonyl (C=O) groups excluding carboxylic acids is 1. The molecule has 0 saturated heterocycles. The van der Waals surface area contributed by atoms with Gasteiger partial charge in [0, 0.05) is 49.3 Å². The third-order valence-corrected chi connectivity index (χ3v) is 5.71. The van der Waals surface area contributed by atoms with Gasteiger partial charge in [0.1, 0.15) is 5.78 Å². The quantitative estimate of drug-likeness (QED) is 0.689. The average molecular weight is 363 g/mol. The molecule has 3 aromatic rings. The predicted octanol–water partition coefficient (Wildman–Crippen LogP) is 3.95. The molecule has 1 aliphatic carbocycles. The van der Waals surface area contributed by atoms with Gasteiger partial charge in [0.05, 0.1) is 24.3 Å². The van der Waals surface area contributed by atoms with Gasteiger partial charge in [-0.3, -0.25) is 9.78 Å². The summed E-state index contributed by atoms with van der Waals surface area (Å²) in [6.07, 6.45) is 10.1. The van der Waals surface area contributed by atoms with E-state index in [4.69, 9.17) is 4.74 Å². The third-order valence-electron chi connectivity index (χ3n) is 5.71. The fraction of sp³-hybridized carbons (Fsp3) is 0.409. The molecule has 0 radical (unpaired) electrons. The monoisotopic (exact) mass is 363 g/mol. The molecule has 140 valence electrons. The largest absolute Gasteiger partial charge is 0.381 e. The smallest absolute Gasteiger partial charge is 0.141 e. The molecule has 27 heavy (non-hydrogen) atoms. The molecule has 0 atom stereocenters. The van der Waals surface area contributed by atoms with Crippen molar-refractivity contribution < 1.29 is 9.53 Å². The number of aryl methyl sites for hydroxylation is 1. The van der Waals surface area contributed by atoms with Crippen LogP contribution >= 0.6 is 0 Å². The van der Waals surface area contributed by atoms with E-state index in [2.05, 4.69) is 28.2 Å². The fourth-order valence-corrected chi connectivity index (χ4v) is 4.02. The summed E-state index contributed by atoms with van der Waals surface area (Å²) in [6.45, 7) is 0. The number of pyridine rings is 1. The second kappa shape index (κ2) is 7.61. The van der Waals surface area contributed by atoms with Crippen LogP contribution in [0.15, 0.2) is 43.0 Å². The molecule has 0 amide bonds. The van der Waals surface area contributed by atoms with Crippen LogP contribution in [0.4, 0.5) is 0 Å². The van der Waals surface area contributed by atoms with E-state index in [0.717, 1.165) is 53.4 Å². The molecule has 0 unspecified atom stereocenters. The highest BCUT2D eigenvalue weighted by Crippen LogP contribution is 2.28. The van der Waals surface area contributed by atoms with Crippen LogP contribution in [0.1, 0.15) is 31.4 Å². The molecule has 1 saturated carbocycles. The Labute approximate surface area is 159 Å². The van der Waals surface area contributed by atoms with Gasteiger partial charge in [-0.1, -0.05) is 12.1 Å². The lowest BCUT2D eigenvalue weighted by Crippen LogP contribution is -2.26. The molecule has 1 fully saturated rings. The molecule has 0 spiro atoms. The summed E-state index contributed by atoms with van der Waals surface area (Å²) in [5.41, 5.74) is 3.04. The topological polar surface area (TPSA) is 57.0 Å². The molecule has 0 aliphatic heterocycles. The Kier molecular flexibility index (Phi) is 5.03. The van der Waals surface area contributed by atoms with E-state index in [1.807, 2.05) is 30.1 Å². The molecular formula is C22H25N3O2. The first-order chi connectivity index (χ1) is 13.1. The SMILES string of the molecule is COC1CCC(C(=O)Cc2cc3cc(-c4cncn4C)ccc3cn2)CC1. The van der Waals surface area contributed by atoms with Crippen LogP contribution in [0.2, 0.25) is 0 Å². The number of aromatic nitrogens is 3. The summed E-state index contributed by atoms with van der Waals surface area (Å²) in [7, 11) is 3.74. The summed E-state index contributed by atoms with van der Waals surface area (Å²) >= 11 is 0. The van der Waals surface area contributed by atoms with Gasteiger partial charge in [0.2, 0.25) is 0 Å². The molecule has 2 aromatic heterocycles. The van der Waals surface area contributed by atoms with E-state index < -0.39 is 0 Å². The van der Waals surface area contributed by atoms with Gasteiger partial charge in [0.15, 0.2) is 0 Å². The van der Waals surface area contributed by atoms with Gasteiger partial charge in [-0.25, -0.2) is 4.98 Å². The number of Topliss-reactive ketones (excluding diaryl/α,β-unsaturated/α-hetero) is 1. The average Bonchev–Trinajstić information content (AvgIpc) is 3.13. The van der Waals surface area contributed by atoms with Crippen LogP contribution in [-0.4, -0.2) is 33.5 Å². The molecule has 0 N–H and O–H groups in total. The van der Waals surface area contributed by atoms with Crippen LogP contribution in [0.3, 0.4) is 0 Å². The van der Waals surface area contributed by atoms with Crippen molar-refractivity contribution in [3.63, 3.8) is 0 Å². The third kappa shape index (κ3) is 3.78. The van der Waals surface area contributed by atoms with Gasteiger partial charge in [-0.15, -0.1) is 0 Å². The van der Waals surface area contributed by atoms with Gasteiger partial charge in [-0.2, -0.15) is 0 Å². The number of ketones is 1. The van der Waals surface area contributed by atoms with Crippen molar-refractivity contribution in [1.82, 2.24) is 14.5 Å². The summed E-state index contributed by atoms with van der Waals surface area (Å²) in [5, 5.41) is 2.19.